The van der Waals surface area contributed by atoms with Crippen molar-refractivity contribution in [3.8, 4) is 0 Å². The van der Waals surface area contributed by atoms with Gasteiger partial charge in [0, 0.05) is 17.7 Å². The first kappa shape index (κ1) is 11.1. The predicted octanol–water partition coefficient (Wildman–Crippen LogP) is 2.30. The Labute approximate surface area is 98.8 Å². The lowest BCUT2D eigenvalue weighted by Gasteiger charge is -2.18. The topological polar surface area (TPSA) is 46.2 Å². The van der Waals surface area contributed by atoms with Gasteiger partial charge >= 0.3 is 0 Å². The Hall–Kier alpha value is -1.35. The lowest BCUT2D eigenvalue weighted by molar-refractivity contribution is -0.116. The van der Waals surface area contributed by atoms with Crippen LogP contribution in [0.25, 0.3) is 0 Å². The highest BCUT2D eigenvalue weighted by Gasteiger charge is 2.18. The first-order chi connectivity index (χ1) is 7.61. The quantitative estimate of drug-likeness (QED) is 0.634. The fourth-order valence-electron chi connectivity index (χ4n) is 1.91. The molecule has 4 heteroatoms. The van der Waals surface area contributed by atoms with Gasteiger partial charge in [-0.25, -0.2) is 0 Å². The number of aryl methyl sites for hydroxylation is 2. The zero-order valence-corrected chi connectivity index (χ0v) is 9.73. The monoisotopic (exact) mass is 237 g/mol. The maximum absolute atomic E-state index is 11.6. The normalized spacial score (nSPS) is 14.2. The van der Waals surface area contributed by atoms with Gasteiger partial charge < -0.3 is 5.32 Å². The highest BCUT2D eigenvalue weighted by atomic mass is 35.5. The molecule has 1 aliphatic heterocycles. The molecule has 0 fully saturated rings. The van der Waals surface area contributed by atoms with Crippen molar-refractivity contribution in [2.24, 2.45) is 0 Å². The largest absolute Gasteiger partial charge is 0.326 e. The van der Waals surface area contributed by atoms with Crippen LogP contribution in [-0.4, -0.2) is 17.6 Å². The molecule has 0 unspecified atom stereocenters. The molecule has 0 spiro atoms. The summed E-state index contributed by atoms with van der Waals surface area (Å²) in [5.41, 5.74) is 3.34. The second-order valence-corrected chi connectivity index (χ2v) is 4.20. The van der Waals surface area contributed by atoms with E-state index in [1.165, 1.54) is 0 Å². The van der Waals surface area contributed by atoms with E-state index in [9.17, 15) is 9.59 Å². The van der Waals surface area contributed by atoms with Crippen LogP contribution < -0.4 is 5.32 Å². The standard InChI is InChI=1S/C12H12ClNO2/c1-7-4-10-8(2-3-12(16)14-10)5-9(7)11(15)6-13/h4-5H,2-3,6H2,1H3,(H,14,16). The van der Waals surface area contributed by atoms with Crippen LogP contribution in [0.4, 0.5) is 5.69 Å². The summed E-state index contributed by atoms with van der Waals surface area (Å²) in [6.07, 6.45) is 1.16. The van der Waals surface area contributed by atoms with Crippen molar-refractivity contribution >= 4 is 29.0 Å². The maximum Gasteiger partial charge on any atom is 0.224 e. The van der Waals surface area contributed by atoms with E-state index in [1.54, 1.807) is 0 Å². The van der Waals surface area contributed by atoms with Crippen molar-refractivity contribution in [3.05, 3.63) is 28.8 Å². The van der Waals surface area contributed by atoms with Gasteiger partial charge in [-0.2, -0.15) is 0 Å². The molecule has 3 nitrogen and oxygen atoms in total. The van der Waals surface area contributed by atoms with Crippen LogP contribution in [0.2, 0.25) is 0 Å². The van der Waals surface area contributed by atoms with E-state index >= 15 is 0 Å². The molecular weight excluding hydrogens is 226 g/mol. The number of nitrogens with one attached hydrogen (secondary N) is 1. The molecule has 84 valence electrons. The first-order valence-corrected chi connectivity index (χ1v) is 5.68. The Morgan fingerprint density at radius 3 is 2.88 bits per heavy atom. The van der Waals surface area contributed by atoms with Crippen LogP contribution in [0.15, 0.2) is 12.1 Å². The van der Waals surface area contributed by atoms with Crippen LogP contribution in [-0.2, 0) is 11.2 Å². The average molecular weight is 238 g/mol. The molecule has 2 rings (SSSR count). The molecule has 0 bridgehead atoms. The molecule has 1 N–H and O–H groups in total. The molecule has 0 saturated heterocycles. The van der Waals surface area contributed by atoms with Crippen molar-refractivity contribution in [1.29, 1.82) is 0 Å². The Kier molecular flexibility index (Phi) is 2.97. The van der Waals surface area contributed by atoms with E-state index in [0.717, 1.165) is 16.8 Å². The summed E-state index contributed by atoms with van der Waals surface area (Å²) < 4.78 is 0. The Morgan fingerprint density at radius 1 is 1.44 bits per heavy atom. The van der Waals surface area contributed by atoms with Gasteiger partial charge in [-0.15, -0.1) is 11.6 Å². The van der Waals surface area contributed by atoms with Gasteiger partial charge in [-0.3, -0.25) is 9.59 Å². The summed E-state index contributed by atoms with van der Waals surface area (Å²) in [6, 6.07) is 3.68. The number of halogens is 1. The number of alkyl halides is 1. The van der Waals surface area contributed by atoms with Crippen molar-refractivity contribution < 1.29 is 9.59 Å². The minimum atomic E-state index is -0.0705. The lowest BCUT2D eigenvalue weighted by atomic mass is 9.95. The Morgan fingerprint density at radius 2 is 2.19 bits per heavy atom. The maximum atomic E-state index is 11.6. The third kappa shape index (κ3) is 1.95. The number of benzene rings is 1. The van der Waals surface area contributed by atoms with Crippen molar-refractivity contribution in [2.45, 2.75) is 19.8 Å². The zero-order valence-electron chi connectivity index (χ0n) is 8.97. The van der Waals surface area contributed by atoms with E-state index in [2.05, 4.69) is 5.32 Å². The van der Waals surface area contributed by atoms with Crippen molar-refractivity contribution in [1.82, 2.24) is 0 Å². The van der Waals surface area contributed by atoms with Gasteiger partial charge in [-0.1, -0.05) is 0 Å². The van der Waals surface area contributed by atoms with E-state index < -0.39 is 0 Å². The third-order valence-corrected chi connectivity index (χ3v) is 3.01. The third-order valence-electron chi connectivity index (χ3n) is 2.77. The minimum Gasteiger partial charge on any atom is -0.326 e. The number of rotatable bonds is 2. The van der Waals surface area contributed by atoms with Crippen LogP contribution in [0.5, 0.6) is 0 Å². The highest BCUT2D eigenvalue weighted by molar-refractivity contribution is 6.30. The smallest absolute Gasteiger partial charge is 0.224 e. The minimum absolute atomic E-state index is 0.00795. The van der Waals surface area contributed by atoms with Crippen LogP contribution in [0.3, 0.4) is 0 Å². The molecular formula is C12H12ClNO2. The van der Waals surface area contributed by atoms with Gasteiger partial charge in [0.15, 0.2) is 5.78 Å². The van der Waals surface area contributed by atoms with Crippen LogP contribution in [0, 0.1) is 6.92 Å². The molecule has 1 heterocycles. The molecule has 0 radical (unpaired) electrons. The Balaban J connectivity index is 2.45. The summed E-state index contributed by atoms with van der Waals surface area (Å²) in [6.45, 7) is 1.85. The Bertz CT molecular complexity index is 468. The van der Waals surface area contributed by atoms with Crippen molar-refractivity contribution in [3.63, 3.8) is 0 Å². The molecule has 1 aromatic rings. The molecule has 1 aromatic carbocycles. The number of carbonyl (C=O) groups excluding carboxylic acids is 2. The molecule has 0 saturated carbocycles. The van der Waals surface area contributed by atoms with E-state index in [-0.39, 0.29) is 17.6 Å². The van der Waals surface area contributed by atoms with Gasteiger partial charge in [0.1, 0.15) is 0 Å². The molecule has 1 amide bonds. The molecule has 16 heavy (non-hydrogen) atoms. The number of ketones is 1. The summed E-state index contributed by atoms with van der Waals surface area (Å²) in [5.74, 6) is -0.0476. The summed E-state index contributed by atoms with van der Waals surface area (Å²) in [4.78, 5) is 22.8. The predicted molar refractivity (Wildman–Crippen MR) is 63.2 cm³/mol. The molecule has 0 aromatic heterocycles. The van der Waals surface area contributed by atoms with Gasteiger partial charge in [-0.05, 0) is 36.6 Å². The van der Waals surface area contributed by atoms with E-state index in [0.29, 0.717) is 18.4 Å². The van der Waals surface area contributed by atoms with Crippen molar-refractivity contribution in [2.75, 3.05) is 11.2 Å². The van der Waals surface area contributed by atoms with Gasteiger partial charge in [0.25, 0.3) is 0 Å². The number of amides is 1. The average Bonchev–Trinajstić information content (AvgIpc) is 2.27. The lowest BCUT2D eigenvalue weighted by Crippen LogP contribution is -2.20. The number of hydrogen-bond donors (Lipinski definition) is 1. The summed E-state index contributed by atoms with van der Waals surface area (Å²) in [7, 11) is 0. The van der Waals surface area contributed by atoms with Crippen LogP contribution in [0.1, 0.15) is 27.9 Å². The van der Waals surface area contributed by atoms with Gasteiger partial charge in [0.05, 0.1) is 5.88 Å². The van der Waals surface area contributed by atoms with E-state index in [4.69, 9.17) is 11.6 Å². The summed E-state index contributed by atoms with van der Waals surface area (Å²) >= 11 is 5.55. The zero-order chi connectivity index (χ0) is 11.7. The molecule has 0 aliphatic carbocycles. The fourth-order valence-corrected chi connectivity index (χ4v) is 2.05. The molecule has 1 aliphatic rings. The molecule has 0 atom stereocenters. The number of fused-ring (bicyclic) bond motifs is 1. The first-order valence-electron chi connectivity index (χ1n) is 5.14. The van der Waals surface area contributed by atoms with Crippen LogP contribution >= 0.6 is 11.6 Å². The SMILES string of the molecule is Cc1cc2c(cc1C(=O)CCl)CCC(=O)N2. The van der Waals surface area contributed by atoms with Gasteiger partial charge in [0.2, 0.25) is 5.91 Å². The number of hydrogen-bond acceptors (Lipinski definition) is 2. The second-order valence-electron chi connectivity index (χ2n) is 3.93. The number of carbonyl (C=O) groups is 2. The number of Topliss-reactive ketones (excluding diaryl/α,β-unsaturated/α-hetero) is 1. The highest BCUT2D eigenvalue weighted by Crippen LogP contribution is 2.26. The summed E-state index contributed by atoms with van der Waals surface area (Å²) in [5, 5.41) is 2.80. The van der Waals surface area contributed by atoms with E-state index in [1.807, 2.05) is 19.1 Å². The fraction of sp³-hybridized carbons (Fsp3) is 0.333. The second kappa shape index (κ2) is 4.26. The number of anilines is 1.